The topological polar surface area (TPSA) is 68.1 Å². The summed E-state index contributed by atoms with van der Waals surface area (Å²) >= 11 is 0. The molecule has 3 atom stereocenters. The molecule has 5 nitrogen and oxygen atoms in total. The lowest BCUT2D eigenvalue weighted by atomic mass is 9.84. The molecule has 4 aromatic rings. The van der Waals surface area contributed by atoms with Gasteiger partial charge in [-0.15, -0.1) is 0 Å². The van der Waals surface area contributed by atoms with Crippen molar-refractivity contribution in [3.05, 3.63) is 112 Å². The summed E-state index contributed by atoms with van der Waals surface area (Å²) in [5.41, 5.74) is 1.52. The maximum Gasteiger partial charge on any atom is 0.416 e. The van der Waals surface area contributed by atoms with Gasteiger partial charge < -0.3 is 14.7 Å². The van der Waals surface area contributed by atoms with E-state index in [0.717, 1.165) is 24.3 Å². The fourth-order valence-electron chi connectivity index (χ4n) is 6.56. The molecule has 1 saturated carbocycles. The molecule has 1 aliphatic carbocycles. The van der Waals surface area contributed by atoms with Crippen molar-refractivity contribution < 1.29 is 50.2 Å². The summed E-state index contributed by atoms with van der Waals surface area (Å²) in [7, 11) is 1.43. The first-order valence-electron chi connectivity index (χ1n) is 14.5. The maximum atomic E-state index is 14.3. The van der Waals surface area contributed by atoms with Crippen LogP contribution >= 0.6 is 0 Å². The zero-order valence-corrected chi connectivity index (χ0v) is 24.8. The SMILES string of the molecule is COc1ccc(-c2ccc(C(=O)O)cc2C)cc1-c1ccc(C(F)(F)F)cc1C1CCC2C1=NOC2c1cc(F)cc(C(F)(F)F)c1. The average Bonchev–Trinajstić information content (AvgIpc) is 3.62. The molecule has 3 unspecified atom stereocenters. The molecule has 244 valence electrons. The van der Waals surface area contributed by atoms with Crippen molar-refractivity contribution in [2.24, 2.45) is 11.1 Å². The van der Waals surface area contributed by atoms with Crippen LogP contribution in [0, 0.1) is 18.7 Å². The number of alkyl halides is 6. The number of carboxylic acids is 1. The Morgan fingerprint density at radius 3 is 2.23 bits per heavy atom. The Hall–Kier alpha value is -4.87. The minimum absolute atomic E-state index is 0.0651. The Morgan fingerprint density at radius 2 is 1.57 bits per heavy atom. The number of halogens is 7. The second-order valence-corrected chi connectivity index (χ2v) is 11.6. The molecule has 12 heteroatoms. The van der Waals surface area contributed by atoms with Gasteiger partial charge in [-0.3, -0.25) is 0 Å². The van der Waals surface area contributed by atoms with Gasteiger partial charge in [-0.2, -0.15) is 26.3 Å². The van der Waals surface area contributed by atoms with Crippen molar-refractivity contribution in [1.29, 1.82) is 0 Å². The second-order valence-electron chi connectivity index (χ2n) is 11.6. The highest BCUT2D eigenvalue weighted by Crippen LogP contribution is 2.51. The molecule has 0 bridgehead atoms. The number of hydrogen-bond acceptors (Lipinski definition) is 4. The molecule has 4 aromatic carbocycles. The number of nitrogens with zero attached hydrogens (tertiary/aromatic N) is 1. The van der Waals surface area contributed by atoms with E-state index in [1.54, 1.807) is 31.2 Å². The molecule has 1 aliphatic heterocycles. The number of aryl methyl sites for hydroxylation is 1. The summed E-state index contributed by atoms with van der Waals surface area (Å²) in [6.07, 6.45) is -9.87. The van der Waals surface area contributed by atoms with Crippen LogP contribution in [0.4, 0.5) is 30.7 Å². The van der Waals surface area contributed by atoms with Gasteiger partial charge in [0.1, 0.15) is 11.6 Å². The number of rotatable bonds is 6. The number of carboxylic acid groups (broad SMARTS) is 1. The van der Waals surface area contributed by atoms with Gasteiger partial charge >= 0.3 is 18.3 Å². The Morgan fingerprint density at radius 1 is 0.851 bits per heavy atom. The van der Waals surface area contributed by atoms with E-state index in [-0.39, 0.29) is 16.7 Å². The number of methoxy groups -OCH3 is 1. The minimum atomic E-state index is -4.80. The first-order chi connectivity index (χ1) is 22.2. The third kappa shape index (κ3) is 6.04. The lowest BCUT2D eigenvalue weighted by Crippen LogP contribution is -2.17. The summed E-state index contributed by atoms with van der Waals surface area (Å²) in [4.78, 5) is 17.0. The van der Waals surface area contributed by atoms with Gasteiger partial charge in [-0.25, -0.2) is 9.18 Å². The largest absolute Gasteiger partial charge is 0.496 e. The molecule has 0 radical (unpaired) electrons. The van der Waals surface area contributed by atoms with Gasteiger partial charge in [0.05, 0.1) is 29.5 Å². The second kappa shape index (κ2) is 11.7. The number of fused-ring (bicyclic) bond motifs is 1. The van der Waals surface area contributed by atoms with Crippen molar-refractivity contribution in [2.45, 2.75) is 44.1 Å². The summed E-state index contributed by atoms with van der Waals surface area (Å²) in [6, 6.07) is 15.3. The van der Waals surface area contributed by atoms with Crippen LogP contribution < -0.4 is 4.74 Å². The van der Waals surface area contributed by atoms with Crippen LogP contribution in [0.2, 0.25) is 0 Å². The van der Waals surface area contributed by atoms with Crippen molar-refractivity contribution >= 4 is 11.7 Å². The van der Waals surface area contributed by atoms with E-state index in [1.165, 1.54) is 25.3 Å². The van der Waals surface area contributed by atoms with Crippen LogP contribution in [0.5, 0.6) is 5.75 Å². The molecule has 1 N–H and O–H groups in total. The fourth-order valence-corrected chi connectivity index (χ4v) is 6.56. The van der Waals surface area contributed by atoms with E-state index in [2.05, 4.69) is 5.16 Å². The highest BCUT2D eigenvalue weighted by molar-refractivity contribution is 5.98. The third-order valence-electron chi connectivity index (χ3n) is 8.74. The Labute approximate surface area is 264 Å². The fraction of sp³-hybridized carbons (Fsp3) is 0.257. The molecular weight excluding hydrogens is 631 g/mol. The van der Waals surface area contributed by atoms with Crippen LogP contribution in [-0.2, 0) is 17.2 Å². The summed E-state index contributed by atoms with van der Waals surface area (Å²) < 4.78 is 102. The van der Waals surface area contributed by atoms with E-state index in [1.807, 2.05) is 0 Å². The average molecular weight is 658 g/mol. The van der Waals surface area contributed by atoms with Gasteiger partial charge in [0.25, 0.3) is 0 Å². The lowest BCUT2D eigenvalue weighted by molar-refractivity contribution is -0.138. The van der Waals surface area contributed by atoms with Gasteiger partial charge in [-0.1, -0.05) is 23.4 Å². The van der Waals surface area contributed by atoms with E-state index in [9.17, 15) is 40.6 Å². The molecule has 0 aromatic heterocycles. The maximum absolute atomic E-state index is 14.3. The first kappa shape index (κ1) is 32.1. The molecule has 0 spiro atoms. The van der Waals surface area contributed by atoms with Crippen molar-refractivity contribution in [1.82, 2.24) is 0 Å². The number of ether oxygens (including phenoxy) is 1. The Bertz CT molecular complexity index is 1920. The number of aromatic carboxylic acids is 1. The van der Waals surface area contributed by atoms with Gasteiger partial charge in [0.15, 0.2) is 6.10 Å². The van der Waals surface area contributed by atoms with E-state index in [0.29, 0.717) is 58.2 Å². The van der Waals surface area contributed by atoms with Crippen molar-refractivity contribution in [2.75, 3.05) is 7.11 Å². The highest BCUT2D eigenvalue weighted by atomic mass is 19.4. The monoisotopic (exact) mass is 657 g/mol. The van der Waals surface area contributed by atoms with E-state index < -0.39 is 53.2 Å². The number of oxime groups is 1. The smallest absolute Gasteiger partial charge is 0.416 e. The molecule has 0 amide bonds. The predicted molar refractivity (Wildman–Crippen MR) is 159 cm³/mol. The Balaban J connectivity index is 1.44. The molecule has 2 aliphatic rings. The van der Waals surface area contributed by atoms with E-state index in [4.69, 9.17) is 9.57 Å². The molecule has 0 saturated heterocycles. The van der Waals surface area contributed by atoms with Gasteiger partial charge in [0.2, 0.25) is 0 Å². The summed E-state index contributed by atoms with van der Waals surface area (Å²) in [5.74, 6) is -3.09. The van der Waals surface area contributed by atoms with Crippen LogP contribution in [0.15, 0.2) is 78.0 Å². The van der Waals surface area contributed by atoms with Crippen LogP contribution in [0.1, 0.15) is 63.0 Å². The van der Waals surface area contributed by atoms with Gasteiger partial charge in [0, 0.05) is 17.4 Å². The quantitative estimate of drug-likeness (QED) is 0.210. The third-order valence-corrected chi connectivity index (χ3v) is 8.74. The number of benzene rings is 4. The zero-order chi connectivity index (χ0) is 33.8. The Kier molecular flexibility index (Phi) is 8.01. The first-order valence-corrected chi connectivity index (χ1v) is 14.5. The highest BCUT2D eigenvalue weighted by Gasteiger charge is 2.46. The minimum Gasteiger partial charge on any atom is -0.496 e. The molecule has 6 rings (SSSR count). The van der Waals surface area contributed by atoms with Gasteiger partial charge in [-0.05, 0) is 108 Å². The summed E-state index contributed by atoms with van der Waals surface area (Å²) in [6.45, 7) is 1.75. The predicted octanol–water partition coefficient (Wildman–Crippen LogP) is 9.83. The zero-order valence-electron chi connectivity index (χ0n) is 24.8. The lowest BCUT2D eigenvalue weighted by Gasteiger charge is -2.21. The summed E-state index contributed by atoms with van der Waals surface area (Å²) in [5, 5.41) is 13.5. The van der Waals surface area contributed by atoms with Crippen LogP contribution in [0.3, 0.4) is 0 Å². The molecule has 47 heavy (non-hydrogen) atoms. The van der Waals surface area contributed by atoms with Crippen molar-refractivity contribution in [3.8, 4) is 28.0 Å². The standard InChI is InChI=1S/C35H26F7NO4/c1-17-11-19(33(44)45)3-6-24(17)18-4-10-30(46-2)29(14-18)25-7-5-21(34(37,38)39)16-28(25)26-8-9-27-31(26)43-47-32(27)20-12-22(35(40,41)42)15-23(36)13-20/h3-7,10-16,26-27,32H,8-9H2,1-2H3,(H,44,45). The number of carbonyl (C=O) groups is 1. The number of hydrogen-bond donors (Lipinski definition) is 1. The molecule has 1 heterocycles. The normalized spacial score (nSPS) is 19.3. The van der Waals surface area contributed by atoms with Crippen LogP contribution in [0.25, 0.3) is 22.3 Å². The molecule has 1 fully saturated rings. The van der Waals surface area contributed by atoms with Crippen molar-refractivity contribution in [3.63, 3.8) is 0 Å². The molecular formula is C35H26F7NO4. The van der Waals surface area contributed by atoms with E-state index >= 15 is 0 Å². The van der Waals surface area contributed by atoms with Crippen LogP contribution in [-0.4, -0.2) is 23.9 Å².